The molecule has 2 aliphatic heterocycles. The molecule has 2 amide bonds. The number of hydrogen-bond donors (Lipinski definition) is 0. The van der Waals surface area contributed by atoms with E-state index in [1.54, 1.807) is 18.7 Å². The fraction of sp³-hybridized carbons (Fsp3) is 0.619. The number of rotatable bonds is 8. The van der Waals surface area contributed by atoms with E-state index in [9.17, 15) is 14.0 Å². The van der Waals surface area contributed by atoms with Crippen LogP contribution < -0.4 is 0 Å². The lowest BCUT2D eigenvalue weighted by molar-refractivity contribution is -0.211. The maximum Gasteiger partial charge on any atom is 0.264 e. The van der Waals surface area contributed by atoms with Crippen molar-refractivity contribution in [2.75, 3.05) is 19.6 Å². The molecule has 2 aliphatic rings. The fourth-order valence-corrected chi connectivity index (χ4v) is 3.69. The molecular formula is C21H30FN3O3. The first kappa shape index (κ1) is 22.0. The van der Waals surface area contributed by atoms with Gasteiger partial charge in [-0.2, -0.15) is 0 Å². The summed E-state index contributed by atoms with van der Waals surface area (Å²) in [6.45, 7) is 12.3. The molecule has 6 nitrogen and oxygen atoms in total. The molecule has 2 heterocycles. The predicted molar refractivity (Wildman–Crippen MR) is 105 cm³/mol. The lowest BCUT2D eigenvalue weighted by Gasteiger charge is -2.55. The summed E-state index contributed by atoms with van der Waals surface area (Å²) in [5.74, 6) is 4.91. The molecule has 154 valence electrons. The summed E-state index contributed by atoms with van der Waals surface area (Å²) in [5, 5.41) is 3.94. The lowest BCUT2D eigenvalue weighted by Crippen LogP contribution is -2.73. The van der Waals surface area contributed by atoms with E-state index in [2.05, 4.69) is 23.4 Å². The van der Waals surface area contributed by atoms with Crippen LogP contribution in [0, 0.1) is 17.8 Å². The highest BCUT2D eigenvalue weighted by Crippen LogP contribution is 2.33. The van der Waals surface area contributed by atoms with Crippen molar-refractivity contribution >= 4 is 11.8 Å². The SMILES string of the molecule is C=C(F)/C=C/OC(C)C(=O)N(CC#CC)[C@H](C)[C@H](C)C1C(=O)N2CCCCN12. The zero-order valence-electron chi connectivity index (χ0n) is 17.2. The van der Waals surface area contributed by atoms with Crippen LogP contribution in [-0.2, 0) is 14.3 Å². The minimum Gasteiger partial charge on any atom is -0.488 e. The number of hydrazine groups is 1. The topological polar surface area (TPSA) is 53.1 Å². The molecule has 2 rings (SSSR count). The molecule has 0 aliphatic carbocycles. The summed E-state index contributed by atoms with van der Waals surface area (Å²) in [7, 11) is 0. The molecule has 4 atom stereocenters. The largest absolute Gasteiger partial charge is 0.488 e. The van der Waals surface area contributed by atoms with Gasteiger partial charge in [-0.1, -0.05) is 19.4 Å². The normalized spacial score (nSPS) is 22.4. The highest BCUT2D eigenvalue weighted by atomic mass is 19.1. The molecule has 0 aromatic carbocycles. The zero-order valence-corrected chi connectivity index (χ0v) is 17.2. The first-order valence-electron chi connectivity index (χ1n) is 9.74. The van der Waals surface area contributed by atoms with Gasteiger partial charge < -0.3 is 9.64 Å². The summed E-state index contributed by atoms with van der Waals surface area (Å²) >= 11 is 0. The Kier molecular flexibility index (Phi) is 7.64. The Morgan fingerprint density at radius 2 is 2.07 bits per heavy atom. The Hall–Kier alpha value is -2.33. The van der Waals surface area contributed by atoms with Crippen molar-refractivity contribution < 1.29 is 18.7 Å². The number of carbonyl (C=O) groups is 2. The Balaban J connectivity index is 2.09. The minimum atomic E-state index is -0.799. The van der Waals surface area contributed by atoms with Crippen LogP contribution in [0.15, 0.2) is 24.7 Å². The zero-order chi connectivity index (χ0) is 20.8. The van der Waals surface area contributed by atoms with Gasteiger partial charge in [0.05, 0.1) is 12.8 Å². The second kappa shape index (κ2) is 9.74. The third-order valence-electron chi connectivity index (χ3n) is 5.48. The summed E-state index contributed by atoms with van der Waals surface area (Å²) in [4.78, 5) is 27.1. The van der Waals surface area contributed by atoms with Crippen molar-refractivity contribution in [1.29, 1.82) is 0 Å². The fourth-order valence-electron chi connectivity index (χ4n) is 3.69. The van der Waals surface area contributed by atoms with E-state index in [0.29, 0.717) is 0 Å². The number of nitrogens with zero attached hydrogens (tertiary/aromatic N) is 3. The Morgan fingerprint density at radius 3 is 2.71 bits per heavy atom. The number of halogens is 1. The van der Waals surface area contributed by atoms with Crippen molar-refractivity contribution in [3.05, 3.63) is 24.7 Å². The number of hydrogen-bond acceptors (Lipinski definition) is 4. The summed E-state index contributed by atoms with van der Waals surface area (Å²) in [5.41, 5.74) is 0. The number of fused-ring (bicyclic) bond motifs is 1. The van der Waals surface area contributed by atoms with Crippen molar-refractivity contribution in [2.24, 2.45) is 5.92 Å². The van der Waals surface area contributed by atoms with Gasteiger partial charge in [-0.25, -0.2) is 9.40 Å². The monoisotopic (exact) mass is 391 g/mol. The van der Waals surface area contributed by atoms with Crippen molar-refractivity contribution in [3.8, 4) is 11.8 Å². The summed E-state index contributed by atoms with van der Waals surface area (Å²) < 4.78 is 18.0. The molecular weight excluding hydrogens is 361 g/mol. The van der Waals surface area contributed by atoms with Gasteiger partial charge in [-0.15, -0.1) is 5.92 Å². The molecule has 0 saturated carbocycles. The molecule has 0 bridgehead atoms. The van der Waals surface area contributed by atoms with Crippen LogP contribution in [-0.4, -0.2) is 64.6 Å². The quantitative estimate of drug-likeness (QED) is 0.362. The minimum absolute atomic E-state index is 0.0576. The molecule has 0 aromatic heterocycles. The van der Waals surface area contributed by atoms with Crippen LogP contribution in [0.3, 0.4) is 0 Å². The highest BCUT2D eigenvalue weighted by molar-refractivity contribution is 5.87. The van der Waals surface area contributed by atoms with E-state index in [-0.39, 0.29) is 36.4 Å². The maximum absolute atomic E-state index is 12.9. The summed E-state index contributed by atoms with van der Waals surface area (Å²) in [6.07, 6.45) is 3.49. The van der Waals surface area contributed by atoms with Crippen LogP contribution in [0.2, 0.25) is 0 Å². The van der Waals surface area contributed by atoms with Gasteiger partial charge in [0.1, 0.15) is 11.9 Å². The molecule has 0 aromatic rings. The molecule has 2 unspecified atom stereocenters. The van der Waals surface area contributed by atoms with E-state index >= 15 is 0 Å². The van der Waals surface area contributed by atoms with E-state index in [1.165, 1.54) is 0 Å². The molecule has 0 spiro atoms. The number of ether oxygens (including phenoxy) is 1. The average Bonchev–Trinajstić information content (AvgIpc) is 2.67. The summed E-state index contributed by atoms with van der Waals surface area (Å²) in [6, 6.07) is -0.427. The Bertz CT molecular complexity index is 697. The smallest absolute Gasteiger partial charge is 0.264 e. The molecule has 7 heteroatoms. The van der Waals surface area contributed by atoms with Gasteiger partial charge >= 0.3 is 0 Å². The van der Waals surface area contributed by atoms with Gasteiger partial charge in [0.2, 0.25) is 0 Å². The molecule has 2 fully saturated rings. The standard InChI is InChI=1S/C21H30FN3O3/c1-6-7-11-23(20(26)18(5)28-14-10-15(2)22)17(4)16(3)19-21(27)25-13-9-8-12-24(19)25/h10,14,16-19H,2,8-9,11-13H2,1,3-5H3/b14-10+/t16-,17+,18?,19?/m0/s1. The second-order valence-corrected chi connectivity index (χ2v) is 7.30. The number of carbonyl (C=O) groups excluding carboxylic acids is 2. The van der Waals surface area contributed by atoms with Crippen LogP contribution in [0.4, 0.5) is 4.39 Å². The van der Waals surface area contributed by atoms with Crippen LogP contribution in [0.25, 0.3) is 0 Å². The van der Waals surface area contributed by atoms with Crippen molar-refractivity contribution in [3.63, 3.8) is 0 Å². The third kappa shape index (κ3) is 4.74. The lowest BCUT2D eigenvalue weighted by atomic mass is 9.88. The molecule has 28 heavy (non-hydrogen) atoms. The predicted octanol–water partition coefficient (Wildman–Crippen LogP) is 2.49. The second-order valence-electron chi connectivity index (χ2n) is 7.30. The van der Waals surface area contributed by atoms with E-state index in [4.69, 9.17) is 4.74 Å². The number of allylic oxidation sites excluding steroid dienone is 2. The van der Waals surface area contributed by atoms with Crippen LogP contribution in [0.1, 0.15) is 40.5 Å². The Labute approximate surface area is 166 Å². The van der Waals surface area contributed by atoms with Gasteiger partial charge in [0.15, 0.2) is 6.10 Å². The maximum atomic E-state index is 12.9. The molecule has 0 radical (unpaired) electrons. The van der Waals surface area contributed by atoms with E-state index in [0.717, 1.165) is 38.3 Å². The first-order chi connectivity index (χ1) is 13.3. The molecule has 2 saturated heterocycles. The molecule has 0 N–H and O–H groups in total. The number of amides is 2. The van der Waals surface area contributed by atoms with Crippen molar-refractivity contribution in [1.82, 2.24) is 14.9 Å². The van der Waals surface area contributed by atoms with Gasteiger partial charge in [0.25, 0.3) is 11.8 Å². The van der Waals surface area contributed by atoms with Crippen LogP contribution in [0.5, 0.6) is 0 Å². The van der Waals surface area contributed by atoms with Gasteiger partial charge in [0, 0.05) is 31.1 Å². The van der Waals surface area contributed by atoms with Gasteiger partial charge in [-0.3, -0.25) is 14.6 Å². The van der Waals surface area contributed by atoms with Gasteiger partial charge in [-0.05, 0) is 33.6 Å². The van der Waals surface area contributed by atoms with E-state index < -0.39 is 11.9 Å². The first-order valence-corrected chi connectivity index (χ1v) is 9.74. The van der Waals surface area contributed by atoms with Crippen molar-refractivity contribution in [2.45, 2.75) is 58.7 Å². The third-order valence-corrected chi connectivity index (χ3v) is 5.48. The Morgan fingerprint density at radius 1 is 1.39 bits per heavy atom. The van der Waals surface area contributed by atoms with E-state index in [1.807, 2.05) is 18.9 Å². The average molecular weight is 391 g/mol. The highest BCUT2D eigenvalue weighted by Gasteiger charge is 2.50. The van der Waals surface area contributed by atoms with Crippen LogP contribution >= 0.6 is 0 Å².